The number of piperidine rings is 1. The van der Waals surface area contributed by atoms with Gasteiger partial charge >= 0.3 is 0 Å². The molecule has 1 atom stereocenters. The quantitative estimate of drug-likeness (QED) is 0.855. The summed E-state index contributed by atoms with van der Waals surface area (Å²) in [6.07, 6.45) is 4.73. The van der Waals surface area contributed by atoms with Gasteiger partial charge in [-0.3, -0.25) is 9.89 Å². The van der Waals surface area contributed by atoms with E-state index < -0.39 is 0 Å². The first-order chi connectivity index (χ1) is 9.31. The van der Waals surface area contributed by atoms with Crippen molar-refractivity contribution < 1.29 is 0 Å². The summed E-state index contributed by atoms with van der Waals surface area (Å²) in [7, 11) is 0. The summed E-state index contributed by atoms with van der Waals surface area (Å²) in [5, 5.41) is 6.56. The van der Waals surface area contributed by atoms with Gasteiger partial charge in [-0.25, -0.2) is 9.50 Å². The number of hydrogen-bond donors (Lipinski definition) is 2. The average molecular weight is 258 g/mol. The number of nitrogens with one attached hydrogen (secondary N) is 2. The van der Waals surface area contributed by atoms with Crippen molar-refractivity contribution in [2.45, 2.75) is 37.5 Å². The van der Waals surface area contributed by atoms with Gasteiger partial charge in [-0.1, -0.05) is 0 Å². The van der Waals surface area contributed by atoms with Crippen LogP contribution in [0, 0.1) is 0 Å². The molecule has 3 heterocycles. The van der Waals surface area contributed by atoms with Gasteiger partial charge in [-0.2, -0.15) is 0 Å². The van der Waals surface area contributed by atoms with Crippen molar-refractivity contribution in [1.82, 2.24) is 19.9 Å². The maximum absolute atomic E-state index is 12.2. The summed E-state index contributed by atoms with van der Waals surface area (Å²) in [5.74, 6) is 0.992. The lowest BCUT2D eigenvalue weighted by atomic mass is 9.96. The lowest BCUT2D eigenvalue weighted by Gasteiger charge is -2.21. The van der Waals surface area contributed by atoms with Gasteiger partial charge in [-0.05, 0) is 32.2 Å². The molecule has 2 N–H and O–H groups in total. The molecule has 0 radical (unpaired) electrons. The summed E-state index contributed by atoms with van der Waals surface area (Å²) in [6, 6.07) is 3.73. The molecule has 1 aliphatic heterocycles. The first-order valence-electron chi connectivity index (χ1n) is 7.14. The highest BCUT2D eigenvalue weighted by Gasteiger charge is 2.26. The van der Waals surface area contributed by atoms with Crippen LogP contribution in [0.1, 0.15) is 48.9 Å². The standard InChI is InChI=1S/C14H18N4O/c19-14-7-11(10-2-1-5-15-8-10)16-13-6-12(9-3-4-9)17-18(13)14/h6-7,9-10,15,17H,1-5,8H2. The molecular weight excluding hydrogens is 240 g/mol. The van der Waals surface area contributed by atoms with E-state index in [9.17, 15) is 4.79 Å². The molecule has 4 rings (SSSR count). The molecule has 19 heavy (non-hydrogen) atoms. The number of hydrogen-bond acceptors (Lipinski definition) is 3. The predicted octanol–water partition coefficient (Wildman–Crippen LogP) is 1.37. The Labute approximate surface area is 111 Å². The lowest BCUT2D eigenvalue weighted by Crippen LogP contribution is -2.30. The number of nitrogens with zero attached hydrogens (tertiary/aromatic N) is 2. The highest BCUT2D eigenvalue weighted by Crippen LogP contribution is 2.39. The molecule has 1 saturated heterocycles. The van der Waals surface area contributed by atoms with Gasteiger partial charge in [0.1, 0.15) is 0 Å². The molecule has 0 aromatic carbocycles. The van der Waals surface area contributed by atoms with Crippen molar-refractivity contribution >= 4 is 5.65 Å². The zero-order valence-corrected chi connectivity index (χ0v) is 10.9. The zero-order valence-electron chi connectivity index (χ0n) is 10.9. The summed E-state index contributed by atoms with van der Waals surface area (Å²) in [6.45, 7) is 2.01. The minimum absolute atomic E-state index is 0.0115. The Balaban J connectivity index is 1.77. The smallest absolute Gasteiger partial charge is 0.272 e. The van der Waals surface area contributed by atoms with E-state index in [0.29, 0.717) is 11.8 Å². The molecule has 0 spiro atoms. The number of H-pyrrole nitrogens is 1. The van der Waals surface area contributed by atoms with Gasteiger partial charge in [-0.15, -0.1) is 0 Å². The van der Waals surface area contributed by atoms with E-state index in [1.807, 2.05) is 6.07 Å². The number of rotatable bonds is 2. The Hall–Kier alpha value is -1.62. The topological polar surface area (TPSA) is 62.2 Å². The third kappa shape index (κ3) is 1.98. The lowest BCUT2D eigenvalue weighted by molar-refractivity contribution is 0.454. The molecular formula is C14H18N4O. The maximum Gasteiger partial charge on any atom is 0.272 e. The molecule has 1 aliphatic carbocycles. The van der Waals surface area contributed by atoms with Crippen molar-refractivity contribution in [2.24, 2.45) is 0 Å². The molecule has 2 aromatic heterocycles. The third-order valence-corrected chi connectivity index (χ3v) is 4.22. The van der Waals surface area contributed by atoms with E-state index in [0.717, 1.165) is 43.0 Å². The van der Waals surface area contributed by atoms with E-state index in [1.54, 1.807) is 10.6 Å². The second-order valence-corrected chi connectivity index (χ2v) is 5.74. The van der Waals surface area contributed by atoms with Gasteiger partial charge in [0.05, 0.1) is 5.69 Å². The monoisotopic (exact) mass is 258 g/mol. The molecule has 1 saturated carbocycles. The van der Waals surface area contributed by atoms with Crippen LogP contribution in [-0.4, -0.2) is 27.7 Å². The molecule has 1 unspecified atom stereocenters. The van der Waals surface area contributed by atoms with E-state index in [2.05, 4.69) is 15.4 Å². The van der Waals surface area contributed by atoms with Crippen molar-refractivity contribution in [1.29, 1.82) is 0 Å². The van der Waals surface area contributed by atoms with Gasteiger partial charge in [0.2, 0.25) is 0 Å². The fraction of sp³-hybridized carbons (Fsp3) is 0.571. The van der Waals surface area contributed by atoms with Crippen molar-refractivity contribution in [3.05, 3.63) is 33.9 Å². The van der Waals surface area contributed by atoms with E-state index in [1.165, 1.54) is 12.8 Å². The minimum Gasteiger partial charge on any atom is -0.316 e. The van der Waals surface area contributed by atoms with Crippen LogP contribution < -0.4 is 10.9 Å². The molecule has 100 valence electrons. The molecule has 2 aliphatic rings. The van der Waals surface area contributed by atoms with Crippen molar-refractivity contribution in [3.63, 3.8) is 0 Å². The van der Waals surface area contributed by atoms with Crippen LogP contribution in [0.4, 0.5) is 0 Å². The Bertz CT molecular complexity index is 662. The Morgan fingerprint density at radius 2 is 2.11 bits per heavy atom. The first kappa shape index (κ1) is 11.2. The highest BCUT2D eigenvalue weighted by atomic mass is 16.1. The van der Waals surface area contributed by atoms with Crippen LogP contribution >= 0.6 is 0 Å². The van der Waals surface area contributed by atoms with Gasteiger partial charge in [0, 0.05) is 36.2 Å². The SMILES string of the molecule is O=c1cc(C2CCCNC2)nc2cc(C3CC3)[nH]n12. The van der Waals surface area contributed by atoms with E-state index in [4.69, 9.17) is 0 Å². The highest BCUT2D eigenvalue weighted by molar-refractivity contribution is 5.42. The Morgan fingerprint density at radius 3 is 2.84 bits per heavy atom. The van der Waals surface area contributed by atoms with Gasteiger partial charge in [0.25, 0.3) is 5.56 Å². The second-order valence-electron chi connectivity index (χ2n) is 5.74. The molecule has 5 heteroatoms. The van der Waals surface area contributed by atoms with Crippen LogP contribution in [-0.2, 0) is 0 Å². The van der Waals surface area contributed by atoms with E-state index in [-0.39, 0.29) is 5.56 Å². The number of aromatic nitrogens is 3. The largest absolute Gasteiger partial charge is 0.316 e. The number of fused-ring (bicyclic) bond motifs is 1. The van der Waals surface area contributed by atoms with Crippen LogP contribution in [0.3, 0.4) is 0 Å². The second kappa shape index (κ2) is 4.20. The molecule has 2 aromatic rings. The predicted molar refractivity (Wildman–Crippen MR) is 72.6 cm³/mol. The van der Waals surface area contributed by atoms with E-state index >= 15 is 0 Å². The van der Waals surface area contributed by atoms with Crippen LogP contribution in [0.25, 0.3) is 5.65 Å². The minimum atomic E-state index is 0.0115. The Kier molecular flexibility index (Phi) is 2.48. The molecule has 2 fully saturated rings. The molecule has 5 nitrogen and oxygen atoms in total. The molecule has 0 bridgehead atoms. The van der Waals surface area contributed by atoms with Crippen LogP contribution in [0.15, 0.2) is 16.9 Å². The van der Waals surface area contributed by atoms with Crippen LogP contribution in [0.2, 0.25) is 0 Å². The van der Waals surface area contributed by atoms with Gasteiger partial charge in [0.15, 0.2) is 5.65 Å². The maximum atomic E-state index is 12.2. The fourth-order valence-electron chi connectivity index (χ4n) is 2.95. The molecule has 0 amide bonds. The van der Waals surface area contributed by atoms with Crippen LogP contribution in [0.5, 0.6) is 0 Å². The summed E-state index contributed by atoms with van der Waals surface area (Å²) < 4.78 is 1.58. The Morgan fingerprint density at radius 1 is 1.21 bits per heavy atom. The van der Waals surface area contributed by atoms with Crippen molar-refractivity contribution in [3.8, 4) is 0 Å². The summed E-state index contributed by atoms with van der Waals surface area (Å²) in [5.41, 5.74) is 2.88. The fourth-order valence-corrected chi connectivity index (χ4v) is 2.95. The van der Waals surface area contributed by atoms with Gasteiger partial charge < -0.3 is 5.32 Å². The number of aromatic amines is 1. The normalized spacial score (nSPS) is 23.9. The summed E-state index contributed by atoms with van der Waals surface area (Å²) in [4.78, 5) is 16.9. The van der Waals surface area contributed by atoms with Crippen molar-refractivity contribution in [2.75, 3.05) is 13.1 Å². The average Bonchev–Trinajstić information content (AvgIpc) is 3.20. The summed E-state index contributed by atoms with van der Waals surface area (Å²) >= 11 is 0. The first-order valence-corrected chi connectivity index (χ1v) is 7.14. The third-order valence-electron chi connectivity index (χ3n) is 4.22. The zero-order chi connectivity index (χ0) is 12.8.